The molecule has 1 aliphatic rings. The van der Waals surface area contributed by atoms with Gasteiger partial charge in [0, 0.05) is 24.3 Å². The molecule has 0 saturated heterocycles. The fourth-order valence-electron chi connectivity index (χ4n) is 2.88. The molecule has 0 fully saturated rings. The molecule has 1 amide bonds. The van der Waals surface area contributed by atoms with Gasteiger partial charge in [-0.3, -0.25) is 4.79 Å². The number of hydrogen-bond donors (Lipinski definition) is 2. The number of amides is 1. The Hall–Kier alpha value is -2.67. The number of aromatic nitrogens is 2. The molecule has 116 valence electrons. The zero-order valence-electron chi connectivity index (χ0n) is 12.0. The highest BCUT2D eigenvalue weighted by molar-refractivity contribution is 7.91. The van der Waals surface area contributed by atoms with Crippen LogP contribution in [0.2, 0.25) is 0 Å². The summed E-state index contributed by atoms with van der Waals surface area (Å²) in [6, 6.07) is 8.25. The molecule has 23 heavy (non-hydrogen) atoms. The Morgan fingerprint density at radius 3 is 2.70 bits per heavy atom. The van der Waals surface area contributed by atoms with Gasteiger partial charge in [-0.1, -0.05) is 18.2 Å². The van der Waals surface area contributed by atoms with E-state index < -0.39 is 9.84 Å². The highest BCUT2D eigenvalue weighted by Crippen LogP contribution is 2.32. The molecule has 4 rings (SSSR count). The Morgan fingerprint density at radius 2 is 1.91 bits per heavy atom. The van der Waals surface area contributed by atoms with E-state index in [0.717, 1.165) is 11.1 Å². The van der Waals surface area contributed by atoms with E-state index >= 15 is 0 Å². The summed E-state index contributed by atoms with van der Waals surface area (Å²) in [4.78, 5) is 19.3. The van der Waals surface area contributed by atoms with Gasteiger partial charge in [-0.05, 0) is 23.3 Å². The summed E-state index contributed by atoms with van der Waals surface area (Å²) in [6.07, 6.45) is 3.28. The molecule has 3 heterocycles. The predicted octanol–water partition coefficient (Wildman–Crippen LogP) is 1.57. The van der Waals surface area contributed by atoms with Crippen molar-refractivity contribution < 1.29 is 13.2 Å². The molecule has 0 radical (unpaired) electrons. The van der Waals surface area contributed by atoms with Crippen LogP contribution in [0.3, 0.4) is 0 Å². The highest BCUT2D eigenvalue weighted by atomic mass is 32.2. The maximum atomic E-state index is 12.9. The zero-order chi connectivity index (χ0) is 16.0. The lowest BCUT2D eigenvalue weighted by molar-refractivity contribution is -0.121. The number of nitrogens with zero attached hydrogens (tertiary/aromatic N) is 1. The summed E-state index contributed by atoms with van der Waals surface area (Å²) in [5.41, 5.74) is 2.06. The van der Waals surface area contributed by atoms with Gasteiger partial charge >= 0.3 is 0 Å². The fourth-order valence-corrected chi connectivity index (χ4v) is 4.35. The van der Waals surface area contributed by atoms with Crippen LogP contribution in [0, 0.1) is 0 Å². The summed E-state index contributed by atoms with van der Waals surface area (Å²) in [7, 11) is -3.68. The second kappa shape index (κ2) is 4.92. The van der Waals surface area contributed by atoms with E-state index in [-0.39, 0.29) is 22.1 Å². The van der Waals surface area contributed by atoms with Crippen molar-refractivity contribution in [3.63, 3.8) is 0 Å². The number of nitrogens with one attached hydrogen (secondary N) is 2. The van der Waals surface area contributed by atoms with Crippen LogP contribution in [0.15, 0.2) is 52.5 Å². The van der Waals surface area contributed by atoms with Gasteiger partial charge in [-0.2, -0.15) is 0 Å². The molecule has 1 aromatic carbocycles. The second-order valence-electron chi connectivity index (χ2n) is 5.41. The van der Waals surface area contributed by atoms with Crippen LogP contribution >= 0.6 is 0 Å². The molecule has 0 aliphatic carbocycles. The molecule has 0 spiro atoms. The van der Waals surface area contributed by atoms with Crippen LogP contribution in [-0.4, -0.2) is 24.3 Å². The van der Waals surface area contributed by atoms with Crippen LogP contribution in [0.1, 0.15) is 11.1 Å². The largest absolute Gasteiger partial charge is 0.352 e. The maximum Gasteiger partial charge on any atom is 0.224 e. The fraction of sp³-hybridized carbons (Fsp3) is 0.125. The van der Waals surface area contributed by atoms with E-state index in [2.05, 4.69) is 15.3 Å². The average molecular weight is 327 g/mol. The minimum Gasteiger partial charge on any atom is -0.352 e. The van der Waals surface area contributed by atoms with E-state index in [4.69, 9.17) is 0 Å². The summed E-state index contributed by atoms with van der Waals surface area (Å²) < 4.78 is 25.9. The van der Waals surface area contributed by atoms with E-state index in [9.17, 15) is 13.2 Å². The number of carbonyl (C=O) groups is 1. The maximum absolute atomic E-state index is 12.9. The molecule has 6 nitrogen and oxygen atoms in total. The molecule has 0 unspecified atom stereocenters. The van der Waals surface area contributed by atoms with Crippen molar-refractivity contribution in [2.24, 2.45) is 0 Å². The summed E-state index contributed by atoms with van der Waals surface area (Å²) in [6.45, 7) is 0.368. The molecule has 2 aromatic heterocycles. The first-order valence-electron chi connectivity index (χ1n) is 7.12. The first-order valence-corrected chi connectivity index (χ1v) is 8.60. The van der Waals surface area contributed by atoms with E-state index in [1.54, 1.807) is 36.5 Å². The first kappa shape index (κ1) is 14.0. The van der Waals surface area contributed by atoms with Gasteiger partial charge in [-0.15, -0.1) is 0 Å². The molecule has 0 bridgehead atoms. The first-order chi connectivity index (χ1) is 11.1. The molecule has 2 N–H and O–H groups in total. The van der Waals surface area contributed by atoms with Crippen molar-refractivity contribution in [1.82, 2.24) is 15.3 Å². The van der Waals surface area contributed by atoms with Crippen LogP contribution < -0.4 is 5.32 Å². The number of hydrogen-bond acceptors (Lipinski definition) is 4. The van der Waals surface area contributed by atoms with Crippen molar-refractivity contribution in [1.29, 1.82) is 0 Å². The second-order valence-corrected chi connectivity index (χ2v) is 7.33. The summed E-state index contributed by atoms with van der Waals surface area (Å²) in [5, 5.41) is 3.26. The summed E-state index contributed by atoms with van der Waals surface area (Å²) >= 11 is 0. The lowest BCUT2D eigenvalue weighted by Crippen LogP contribution is -2.30. The number of aromatic amines is 1. The van der Waals surface area contributed by atoms with Gasteiger partial charge in [0.25, 0.3) is 0 Å². The van der Waals surface area contributed by atoms with Crippen LogP contribution in [0.5, 0.6) is 0 Å². The van der Waals surface area contributed by atoms with Crippen molar-refractivity contribution in [2.45, 2.75) is 22.8 Å². The minimum atomic E-state index is -3.68. The van der Waals surface area contributed by atoms with E-state index in [1.165, 1.54) is 6.20 Å². The van der Waals surface area contributed by atoms with E-state index in [0.29, 0.717) is 17.6 Å². The minimum absolute atomic E-state index is 0.116. The van der Waals surface area contributed by atoms with Gasteiger partial charge in [-0.25, -0.2) is 13.4 Å². The molecule has 1 aliphatic heterocycles. The lowest BCUT2D eigenvalue weighted by atomic mass is 10.00. The molecule has 0 saturated carbocycles. The molecule has 7 heteroatoms. The number of benzene rings is 1. The SMILES string of the molecule is O=C1Cc2c(cnc3[nH]cc(S(=O)(=O)c4ccccc4)c23)CN1. The Labute approximate surface area is 132 Å². The number of H-pyrrole nitrogens is 1. The van der Waals surface area contributed by atoms with Gasteiger partial charge in [0.05, 0.1) is 16.2 Å². The Bertz CT molecular complexity index is 1020. The van der Waals surface area contributed by atoms with Crippen molar-refractivity contribution in [3.8, 4) is 0 Å². The predicted molar refractivity (Wildman–Crippen MR) is 83.5 cm³/mol. The molecular weight excluding hydrogens is 314 g/mol. The van der Waals surface area contributed by atoms with Crippen LogP contribution in [-0.2, 0) is 27.6 Å². The number of rotatable bonds is 2. The lowest BCUT2D eigenvalue weighted by Gasteiger charge is -2.17. The van der Waals surface area contributed by atoms with Crippen LogP contribution in [0.4, 0.5) is 0 Å². The van der Waals surface area contributed by atoms with Crippen molar-refractivity contribution >= 4 is 26.8 Å². The quantitative estimate of drug-likeness (QED) is 0.747. The van der Waals surface area contributed by atoms with Crippen molar-refractivity contribution in [2.75, 3.05) is 0 Å². The topological polar surface area (TPSA) is 91.9 Å². The smallest absolute Gasteiger partial charge is 0.224 e. The third-order valence-electron chi connectivity index (χ3n) is 4.02. The number of fused-ring (bicyclic) bond motifs is 3. The Balaban J connectivity index is 2.01. The van der Waals surface area contributed by atoms with Gasteiger partial charge in [0.1, 0.15) is 5.65 Å². The number of pyridine rings is 1. The molecular formula is C16H13N3O3S. The monoisotopic (exact) mass is 327 g/mol. The van der Waals surface area contributed by atoms with E-state index in [1.807, 2.05) is 0 Å². The standard InChI is InChI=1S/C16H13N3O3S/c20-14-6-12-10(7-17-14)8-18-16-15(12)13(9-19-16)23(21,22)11-4-2-1-3-5-11/h1-5,8-9H,6-7H2,(H,17,20)(H,18,19). The number of sulfone groups is 1. The zero-order valence-corrected chi connectivity index (χ0v) is 12.9. The Kier molecular flexibility index (Phi) is 2.99. The normalized spacial score (nSPS) is 14.5. The van der Waals surface area contributed by atoms with Crippen LogP contribution in [0.25, 0.3) is 11.0 Å². The summed E-state index contributed by atoms with van der Waals surface area (Å²) in [5.74, 6) is -0.116. The third kappa shape index (κ3) is 2.12. The molecule has 3 aromatic rings. The highest BCUT2D eigenvalue weighted by Gasteiger charge is 2.27. The number of carbonyl (C=O) groups excluding carboxylic acids is 1. The average Bonchev–Trinajstić information content (AvgIpc) is 3.01. The third-order valence-corrected chi connectivity index (χ3v) is 5.81. The van der Waals surface area contributed by atoms with Gasteiger partial charge in [0.15, 0.2) is 0 Å². The Morgan fingerprint density at radius 1 is 1.13 bits per heavy atom. The van der Waals surface area contributed by atoms with Gasteiger partial charge in [0.2, 0.25) is 15.7 Å². The molecule has 0 atom stereocenters. The van der Waals surface area contributed by atoms with Gasteiger partial charge < -0.3 is 10.3 Å². The van der Waals surface area contributed by atoms with Crippen molar-refractivity contribution in [3.05, 3.63) is 53.9 Å².